The summed E-state index contributed by atoms with van der Waals surface area (Å²) in [7, 11) is 4.15. The maximum absolute atomic E-state index is 5.91. The van der Waals surface area contributed by atoms with Gasteiger partial charge in [-0.15, -0.1) is 12.4 Å². The third kappa shape index (κ3) is 4.85. The Kier molecular flexibility index (Phi) is 6.64. The molecule has 0 amide bonds. The van der Waals surface area contributed by atoms with Crippen LogP contribution < -0.4 is 11.1 Å². The number of halogens is 1. The van der Waals surface area contributed by atoms with Crippen LogP contribution in [0.25, 0.3) is 22.3 Å². The molecule has 0 aliphatic heterocycles. The molecule has 0 saturated carbocycles. The largest absolute Gasteiger partial charge is 0.382 e. The molecular weight excluding hydrogens is 336 g/mol. The van der Waals surface area contributed by atoms with E-state index in [1.165, 1.54) is 11.9 Å². The lowest BCUT2D eigenvalue weighted by Gasteiger charge is -2.11. The molecule has 132 valence electrons. The van der Waals surface area contributed by atoms with Gasteiger partial charge in [-0.05, 0) is 37.9 Å². The van der Waals surface area contributed by atoms with Crippen molar-refractivity contribution in [1.29, 1.82) is 0 Å². The lowest BCUT2D eigenvalue weighted by atomic mass is 10.1. The zero-order valence-corrected chi connectivity index (χ0v) is 15.3. The quantitative estimate of drug-likeness (QED) is 0.658. The van der Waals surface area contributed by atoms with Crippen LogP contribution in [0.5, 0.6) is 0 Å². The average Bonchev–Trinajstić information content (AvgIpc) is 2.59. The van der Waals surface area contributed by atoms with E-state index >= 15 is 0 Å². The van der Waals surface area contributed by atoms with Gasteiger partial charge in [0.05, 0.1) is 11.2 Å². The van der Waals surface area contributed by atoms with E-state index in [1.54, 1.807) is 0 Å². The molecule has 0 aliphatic rings. The van der Waals surface area contributed by atoms with Crippen LogP contribution in [0.15, 0.2) is 42.7 Å². The van der Waals surface area contributed by atoms with E-state index in [1.807, 2.05) is 12.1 Å². The highest BCUT2D eigenvalue weighted by atomic mass is 35.5. The number of aromatic nitrogens is 3. The molecule has 6 nitrogen and oxygen atoms in total. The molecule has 7 heteroatoms. The minimum Gasteiger partial charge on any atom is -0.382 e. The first-order valence-corrected chi connectivity index (χ1v) is 7.95. The van der Waals surface area contributed by atoms with Gasteiger partial charge in [-0.1, -0.05) is 18.2 Å². The van der Waals surface area contributed by atoms with Crippen molar-refractivity contribution >= 4 is 29.3 Å². The number of hydrogen-bond acceptors (Lipinski definition) is 6. The number of nitrogens with zero attached hydrogens (tertiary/aromatic N) is 4. The van der Waals surface area contributed by atoms with E-state index < -0.39 is 0 Å². The number of hydrogen-bond donors (Lipinski definition) is 2. The number of nitrogens with two attached hydrogens (primary N) is 1. The van der Waals surface area contributed by atoms with Gasteiger partial charge in [0.25, 0.3) is 0 Å². The molecule has 0 spiro atoms. The predicted octanol–water partition coefficient (Wildman–Crippen LogP) is 2.35. The number of nitrogen functional groups attached to an aromatic ring is 1. The summed E-state index contributed by atoms with van der Waals surface area (Å²) in [4.78, 5) is 15.0. The Morgan fingerprint density at radius 3 is 2.76 bits per heavy atom. The summed E-state index contributed by atoms with van der Waals surface area (Å²) < 4.78 is 0. The Hall–Kier alpha value is -2.28. The molecule has 1 aromatic carbocycles. The van der Waals surface area contributed by atoms with Gasteiger partial charge >= 0.3 is 0 Å². The van der Waals surface area contributed by atoms with Crippen molar-refractivity contribution in [2.75, 3.05) is 32.9 Å². The number of pyridine rings is 1. The summed E-state index contributed by atoms with van der Waals surface area (Å²) in [5, 5.41) is 3.45. The molecule has 0 fully saturated rings. The molecule has 0 radical (unpaired) electrons. The number of likely N-dealkylation sites (N-methyl/N-ethyl adjacent to an activating group) is 1. The van der Waals surface area contributed by atoms with Crippen molar-refractivity contribution < 1.29 is 0 Å². The standard InChI is InChI=1S/C18H22N6.ClH/c1-24(2)9-8-20-11-13-4-3-5-14(10-13)15-6-7-16-17(23-15)18(19)22-12-21-16;/h3-7,10,12,20H,8-9,11H2,1-2H3,(H2,19,21,22);1H. The van der Waals surface area contributed by atoms with Crippen LogP contribution in [0.4, 0.5) is 5.82 Å². The fraction of sp³-hybridized carbons (Fsp3) is 0.278. The average molecular weight is 359 g/mol. The Morgan fingerprint density at radius 2 is 1.96 bits per heavy atom. The van der Waals surface area contributed by atoms with Gasteiger partial charge in [0.15, 0.2) is 5.82 Å². The number of rotatable bonds is 6. The SMILES string of the molecule is CN(C)CCNCc1cccc(-c2ccc3ncnc(N)c3n2)c1.Cl. The fourth-order valence-electron chi connectivity index (χ4n) is 2.50. The fourth-order valence-corrected chi connectivity index (χ4v) is 2.50. The van der Waals surface area contributed by atoms with E-state index in [0.29, 0.717) is 11.3 Å². The highest BCUT2D eigenvalue weighted by Gasteiger charge is 2.06. The van der Waals surface area contributed by atoms with Crippen LogP contribution in [0.3, 0.4) is 0 Å². The smallest absolute Gasteiger partial charge is 0.153 e. The second kappa shape index (κ2) is 8.71. The van der Waals surface area contributed by atoms with Crippen LogP contribution in [-0.2, 0) is 6.54 Å². The van der Waals surface area contributed by atoms with E-state index in [-0.39, 0.29) is 12.4 Å². The van der Waals surface area contributed by atoms with Gasteiger partial charge in [-0.25, -0.2) is 15.0 Å². The minimum atomic E-state index is 0. The van der Waals surface area contributed by atoms with Gasteiger partial charge in [-0.3, -0.25) is 0 Å². The third-order valence-corrected chi connectivity index (χ3v) is 3.80. The number of benzene rings is 1. The molecular formula is C18H23ClN6. The van der Waals surface area contributed by atoms with Crippen LogP contribution >= 0.6 is 12.4 Å². The van der Waals surface area contributed by atoms with Crippen molar-refractivity contribution in [3.63, 3.8) is 0 Å². The number of anilines is 1. The Labute approximate surface area is 153 Å². The first-order chi connectivity index (χ1) is 11.6. The Balaban J connectivity index is 0.00000225. The van der Waals surface area contributed by atoms with Gasteiger partial charge in [-0.2, -0.15) is 0 Å². The normalized spacial score (nSPS) is 10.8. The summed E-state index contributed by atoms with van der Waals surface area (Å²) in [5.41, 5.74) is 10.5. The molecule has 0 unspecified atom stereocenters. The van der Waals surface area contributed by atoms with Crippen LogP contribution in [0, 0.1) is 0 Å². The molecule has 25 heavy (non-hydrogen) atoms. The Morgan fingerprint density at radius 1 is 1.12 bits per heavy atom. The topological polar surface area (TPSA) is 80.0 Å². The van der Waals surface area contributed by atoms with Gasteiger partial charge in [0.1, 0.15) is 11.8 Å². The summed E-state index contributed by atoms with van der Waals surface area (Å²) >= 11 is 0. The molecule has 0 saturated heterocycles. The molecule has 2 aromatic heterocycles. The van der Waals surface area contributed by atoms with E-state index in [0.717, 1.165) is 36.4 Å². The van der Waals surface area contributed by atoms with E-state index in [9.17, 15) is 0 Å². The molecule has 3 aromatic rings. The van der Waals surface area contributed by atoms with E-state index in [4.69, 9.17) is 5.73 Å². The maximum atomic E-state index is 5.91. The zero-order chi connectivity index (χ0) is 16.9. The third-order valence-electron chi connectivity index (χ3n) is 3.80. The van der Waals surface area contributed by atoms with Crippen molar-refractivity contribution in [1.82, 2.24) is 25.2 Å². The van der Waals surface area contributed by atoms with Gasteiger partial charge in [0.2, 0.25) is 0 Å². The maximum Gasteiger partial charge on any atom is 0.153 e. The number of fused-ring (bicyclic) bond motifs is 1. The van der Waals surface area contributed by atoms with Crippen molar-refractivity contribution in [3.8, 4) is 11.3 Å². The summed E-state index contributed by atoms with van der Waals surface area (Å²) in [6, 6.07) is 12.3. The minimum absolute atomic E-state index is 0. The molecule has 3 rings (SSSR count). The van der Waals surface area contributed by atoms with Crippen molar-refractivity contribution in [2.24, 2.45) is 0 Å². The summed E-state index contributed by atoms with van der Waals surface area (Å²) in [6.45, 7) is 2.81. The number of nitrogens with one attached hydrogen (secondary N) is 1. The van der Waals surface area contributed by atoms with Crippen LogP contribution in [-0.4, -0.2) is 47.0 Å². The summed E-state index contributed by atoms with van der Waals surface area (Å²) in [5.74, 6) is 0.406. The monoisotopic (exact) mass is 358 g/mol. The molecule has 0 aliphatic carbocycles. The summed E-state index contributed by atoms with van der Waals surface area (Å²) in [6.07, 6.45) is 1.46. The molecule has 3 N–H and O–H groups in total. The molecule has 0 bridgehead atoms. The zero-order valence-electron chi connectivity index (χ0n) is 14.4. The highest BCUT2D eigenvalue weighted by molar-refractivity contribution is 5.86. The second-order valence-electron chi connectivity index (χ2n) is 6.00. The lowest BCUT2D eigenvalue weighted by Crippen LogP contribution is -2.26. The lowest BCUT2D eigenvalue weighted by molar-refractivity contribution is 0.400. The van der Waals surface area contributed by atoms with E-state index in [2.05, 4.69) is 63.5 Å². The van der Waals surface area contributed by atoms with Crippen LogP contribution in [0.1, 0.15) is 5.56 Å². The van der Waals surface area contributed by atoms with Crippen LogP contribution in [0.2, 0.25) is 0 Å². The van der Waals surface area contributed by atoms with Gasteiger partial charge in [0, 0.05) is 25.2 Å². The highest BCUT2D eigenvalue weighted by Crippen LogP contribution is 2.22. The van der Waals surface area contributed by atoms with Gasteiger partial charge < -0.3 is 16.0 Å². The second-order valence-corrected chi connectivity index (χ2v) is 6.00. The van der Waals surface area contributed by atoms with Crippen molar-refractivity contribution in [3.05, 3.63) is 48.3 Å². The molecule has 2 heterocycles. The first kappa shape index (κ1) is 19.1. The Bertz CT molecular complexity index is 837. The predicted molar refractivity (Wildman–Crippen MR) is 105 cm³/mol. The van der Waals surface area contributed by atoms with Crippen molar-refractivity contribution in [2.45, 2.75) is 6.54 Å². The molecule has 0 atom stereocenters. The first-order valence-electron chi connectivity index (χ1n) is 7.95.